The number of aromatic nitrogens is 2. The molecule has 0 aliphatic rings. The van der Waals surface area contributed by atoms with Crippen LogP contribution in [0.25, 0.3) is 11.0 Å². The maximum Gasteiger partial charge on any atom is 0.112 e. The van der Waals surface area contributed by atoms with E-state index in [9.17, 15) is 0 Å². The van der Waals surface area contributed by atoms with Crippen molar-refractivity contribution >= 4 is 11.0 Å². The standard InChI is InChI=1S/C11H13N2/c1-8(2)11-12-9-6-4-5-7-10(9)13(11)3/h5-8H,1-3H3. The highest BCUT2D eigenvalue weighted by Gasteiger charge is 2.09. The molecule has 0 aliphatic carbocycles. The summed E-state index contributed by atoms with van der Waals surface area (Å²) in [6, 6.07) is 8.95. The maximum absolute atomic E-state index is 4.54. The van der Waals surface area contributed by atoms with Crippen LogP contribution in [0.3, 0.4) is 0 Å². The van der Waals surface area contributed by atoms with E-state index in [1.54, 1.807) is 0 Å². The predicted molar refractivity (Wildman–Crippen MR) is 53.6 cm³/mol. The minimum Gasteiger partial charge on any atom is -0.331 e. The molecule has 13 heavy (non-hydrogen) atoms. The highest BCUT2D eigenvalue weighted by atomic mass is 15.1. The minimum atomic E-state index is 0.470. The number of hydrogen-bond donors (Lipinski definition) is 0. The Bertz CT molecular complexity index is 427. The molecule has 0 bridgehead atoms. The molecule has 67 valence electrons. The Morgan fingerprint density at radius 1 is 1.46 bits per heavy atom. The van der Waals surface area contributed by atoms with Crippen LogP contribution in [0.15, 0.2) is 18.2 Å². The summed E-state index contributed by atoms with van der Waals surface area (Å²) >= 11 is 0. The van der Waals surface area contributed by atoms with Gasteiger partial charge in [-0.1, -0.05) is 19.9 Å². The van der Waals surface area contributed by atoms with E-state index in [4.69, 9.17) is 0 Å². The van der Waals surface area contributed by atoms with Crippen LogP contribution in [0.1, 0.15) is 25.6 Å². The van der Waals surface area contributed by atoms with Crippen LogP contribution < -0.4 is 0 Å². The molecular formula is C11H13N2. The summed E-state index contributed by atoms with van der Waals surface area (Å²) in [6.45, 7) is 4.32. The van der Waals surface area contributed by atoms with Gasteiger partial charge in [0.1, 0.15) is 5.82 Å². The average Bonchev–Trinajstić information content (AvgIpc) is 2.45. The Morgan fingerprint density at radius 3 is 2.85 bits per heavy atom. The van der Waals surface area contributed by atoms with Crippen LogP contribution in [-0.2, 0) is 7.05 Å². The number of benzene rings is 1. The Labute approximate surface area is 78.2 Å². The van der Waals surface area contributed by atoms with Gasteiger partial charge in [0.2, 0.25) is 0 Å². The van der Waals surface area contributed by atoms with E-state index in [0.717, 1.165) is 11.3 Å². The van der Waals surface area contributed by atoms with E-state index in [0.29, 0.717) is 5.92 Å². The van der Waals surface area contributed by atoms with Gasteiger partial charge in [-0.3, -0.25) is 0 Å². The SMILES string of the molecule is CC(C)c1nc2c[c]ccc2n1C. The van der Waals surface area contributed by atoms with Crippen LogP contribution in [0, 0.1) is 6.07 Å². The first-order valence-corrected chi connectivity index (χ1v) is 4.52. The fourth-order valence-corrected chi connectivity index (χ4v) is 1.62. The summed E-state index contributed by atoms with van der Waals surface area (Å²) in [5.41, 5.74) is 2.22. The fourth-order valence-electron chi connectivity index (χ4n) is 1.62. The van der Waals surface area contributed by atoms with E-state index < -0.39 is 0 Å². The highest BCUT2D eigenvalue weighted by Crippen LogP contribution is 2.19. The van der Waals surface area contributed by atoms with Crippen LogP contribution in [0.5, 0.6) is 0 Å². The fraction of sp³-hybridized carbons (Fsp3) is 0.364. The topological polar surface area (TPSA) is 17.8 Å². The molecule has 0 amide bonds. The number of hydrogen-bond acceptors (Lipinski definition) is 1. The molecule has 0 fully saturated rings. The van der Waals surface area contributed by atoms with Gasteiger partial charge < -0.3 is 4.57 Å². The zero-order chi connectivity index (χ0) is 9.42. The van der Waals surface area contributed by atoms with Gasteiger partial charge in [-0.05, 0) is 18.2 Å². The lowest BCUT2D eigenvalue weighted by atomic mass is 10.2. The van der Waals surface area contributed by atoms with Gasteiger partial charge in [0.25, 0.3) is 0 Å². The molecule has 1 aromatic heterocycles. The molecule has 0 saturated carbocycles. The predicted octanol–water partition coefficient (Wildman–Crippen LogP) is 2.50. The second-order valence-corrected chi connectivity index (χ2v) is 3.60. The first-order valence-electron chi connectivity index (χ1n) is 4.52. The van der Waals surface area contributed by atoms with Crippen LogP contribution in [0.2, 0.25) is 0 Å². The molecule has 0 unspecified atom stereocenters. The van der Waals surface area contributed by atoms with Crippen molar-refractivity contribution in [3.63, 3.8) is 0 Å². The van der Waals surface area contributed by atoms with Crippen molar-refractivity contribution in [1.82, 2.24) is 9.55 Å². The van der Waals surface area contributed by atoms with E-state index in [2.05, 4.69) is 36.5 Å². The van der Waals surface area contributed by atoms with E-state index in [1.807, 2.05) is 18.2 Å². The Kier molecular flexibility index (Phi) is 1.83. The second-order valence-electron chi connectivity index (χ2n) is 3.60. The number of fused-ring (bicyclic) bond motifs is 1. The lowest BCUT2D eigenvalue weighted by molar-refractivity contribution is 0.722. The van der Waals surface area contributed by atoms with Gasteiger partial charge in [0.15, 0.2) is 0 Å². The zero-order valence-corrected chi connectivity index (χ0v) is 8.20. The van der Waals surface area contributed by atoms with Gasteiger partial charge in [0, 0.05) is 13.0 Å². The summed E-state index contributed by atoms with van der Waals surface area (Å²) in [5, 5.41) is 0. The van der Waals surface area contributed by atoms with Crippen molar-refractivity contribution < 1.29 is 0 Å². The smallest absolute Gasteiger partial charge is 0.112 e. The third kappa shape index (κ3) is 1.22. The third-order valence-corrected chi connectivity index (χ3v) is 2.28. The molecule has 0 atom stereocenters. The van der Waals surface area contributed by atoms with E-state index >= 15 is 0 Å². The molecule has 2 heteroatoms. The summed E-state index contributed by atoms with van der Waals surface area (Å²) in [5.74, 6) is 1.60. The van der Waals surface area contributed by atoms with E-state index in [1.165, 1.54) is 5.52 Å². The highest BCUT2D eigenvalue weighted by molar-refractivity contribution is 5.75. The average molecular weight is 173 g/mol. The molecular weight excluding hydrogens is 160 g/mol. The van der Waals surface area contributed by atoms with Crippen molar-refractivity contribution in [1.29, 1.82) is 0 Å². The molecule has 1 aromatic carbocycles. The minimum absolute atomic E-state index is 0.470. The van der Waals surface area contributed by atoms with Gasteiger partial charge in [-0.25, -0.2) is 4.98 Å². The molecule has 1 heterocycles. The first kappa shape index (κ1) is 8.30. The summed E-state index contributed by atoms with van der Waals surface area (Å²) in [4.78, 5) is 4.54. The van der Waals surface area contributed by atoms with Crippen LogP contribution in [0.4, 0.5) is 0 Å². The van der Waals surface area contributed by atoms with Crippen molar-refractivity contribution in [2.45, 2.75) is 19.8 Å². The summed E-state index contributed by atoms with van der Waals surface area (Å²) < 4.78 is 2.15. The third-order valence-electron chi connectivity index (χ3n) is 2.28. The Hall–Kier alpha value is -1.31. The molecule has 0 saturated heterocycles. The van der Waals surface area contributed by atoms with E-state index in [-0.39, 0.29) is 0 Å². The first-order chi connectivity index (χ1) is 6.20. The number of imidazole rings is 1. The summed E-state index contributed by atoms with van der Waals surface area (Å²) in [6.07, 6.45) is 0. The van der Waals surface area contributed by atoms with Gasteiger partial charge >= 0.3 is 0 Å². The largest absolute Gasteiger partial charge is 0.331 e. The zero-order valence-electron chi connectivity index (χ0n) is 8.20. The van der Waals surface area contributed by atoms with Crippen molar-refractivity contribution in [3.8, 4) is 0 Å². The van der Waals surface area contributed by atoms with Crippen LogP contribution >= 0.6 is 0 Å². The molecule has 1 radical (unpaired) electrons. The van der Waals surface area contributed by atoms with Crippen LogP contribution in [-0.4, -0.2) is 9.55 Å². The van der Waals surface area contributed by atoms with Gasteiger partial charge in [0.05, 0.1) is 11.0 Å². The van der Waals surface area contributed by atoms with Gasteiger partial charge in [-0.15, -0.1) is 0 Å². The Balaban J connectivity index is 2.74. The number of rotatable bonds is 1. The van der Waals surface area contributed by atoms with Gasteiger partial charge in [-0.2, -0.15) is 0 Å². The quantitative estimate of drug-likeness (QED) is 0.647. The van der Waals surface area contributed by atoms with Crippen molar-refractivity contribution in [2.75, 3.05) is 0 Å². The normalized spacial score (nSPS) is 11.4. The maximum atomic E-state index is 4.54. The lowest BCUT2D eigenvalue weighted by Gasteiger charge is -2.04. The molecule has 2 rings (SSSR count). The second kappa shape index (κ2) is 2.87. The molecule has 2 nitrogen and oxygen atoms in total. The number of nitrogens with zero attached hydrogens (tertiary/aromatic N) is 2. The molecule has 0 aliphatic heterocycles. The number of aryl methyl sites for hydroxylation is 1. The Morgan fingerprint density at radius 2 is 2.23 bits per heavy atom. The molecule has 0 spiro atoms. The summed E-state index contributed by atoms with van der Waals surface area (Å²) in [7, 11) is 2.06. The lowest BCUT2D eigenvalue weighted by Crippen LogP contribution is -1.99. The molecule has 2 aromatic rings. The van der Waals surface area contributed by atoms with Crippen molar-refractivity contribution in [3.05, 3.63) is 30.1 Å². The van der Waals surface area contributed by atoms with Crippen molar-refractivity contribution in [2.24, 2.45) is 7.05 Å². The molecule has 0 N–H and O–H groups in total. The monoisotopic (exact) mass is 173 g/mol.